The van der Waals surface area contributed by atoms with Crippen LogP contribution in [0.2, 0.25) is 0 Å². The van der Waals surface area contributed by atoms with Gasteiger partial charge in [-0.3, -0.25) is 9.59 Å². The van der Waals surface area contributed by atoms with E-state index in [1.165, 1.54) is 18.3 Å². The molecular weight excluding hydrogens is 298 g/mol. The minimum Gasteiger partial charge on any atom is -0.326 e. The number of anilines is 2. The van der Waals surface area contributed by atoms with Crippen molar-refractivity contribution in [1.29, 1.82) is 0 Å². The number of thiazole rings is 1. The molecule has 2 amide bonds. The average molecular weight is 311 g/mol. The summed E-state index contributed by atoms with van der Waals surface area (Å²) in [7, 11) is 0. The molecule has 0 fully saturated rings. The van der Waals surface area contributed by atoms with E-state index in [1.807, 2.05) is 12.1 Å². The van der Waals surface area contributed by atoms with Crippen molar-refractivity contribution in [2.75, 3.05) is 10.6 Å². The summed E-state index contributed by atoms with van der Waals surface area (Å²) in [5, 5.41) is 5.51. The minimum atomic E-state index is -0.178. The second kappa shape index (κ2) is 5.95. The molecule has 3 rings (SSSR count). The second-order valence-corrected chi connectivity index (χ2v) is 5.63. The van der Waals surface area contributed by atoms with Gasteiger partial charge in [-0.05, 0) is 42.5 Å². The van der Waals surface area contributed by atoms with Crippen molar-refractivity contribution in [2.24, 2.45) is 0 Å². The van der Waals surface area contributed by atoms with Crippen LogP contribution in [0.15, 0.2) is 48.0 Å². The van der Waals surface area contributed by atoms with Crippen LogP contribution in [0.1, 0.15) is 17.3 Å². The van der Waals surface area contributed by atoms with E-state index in [2.05, 4.69) is 15.6 Å². The Morgan fingerprint density at radius 1 is 1.00 bits per heavy atom. The normalized spacial score (nSPS) is 10.4. The molecule has 6 heteroatoms. The Kier molecular flexibility index (Phi) is 3.84. The SMILES string of the molecule is CC(=O)Nc1ccc(NC(=O)c2ccc3ncsc3c2)cc1. The molecule has 2 N–H and O–H groups in total. The highest BCUT2D eigenvalue weighted by molar-refractivity contribution is 7.16. The lowest BCUT2D eigenvalue weighted by molar-refractivity contribution is -0.114. The minimum absolute atomic E-state index is 0.130. The van der Waals surface area contributed by atoms with Crippen LogP contribution in [-0.4, -0.2) is 16.8 Å². The van der Waals surface area contributed by atoms with E-state index >= 15 is 0 Å². The van der Waals surface area contributed by atoms with Gasteiger partial charge in [-0.1, -0.05) is 0 Å². The standard InChI is InChI=1S/C16H13N3O2S/c1-10(20)18-12-3-5-13(6-4-12)19-16(21)11-2-7-14-15(8-11)22-9-17-14/h2-9H,1H3,(H,18,20)(H,19,21). The monoisotopic (exact) mass is 311 g/mol. The van der Waals surface area contributed by atoms with E-state index in [1.54, 1.807) is 35.8 Å². The molecule has 1 heterocycles. The fourth-order valence-corrected chi connectivity index (χ4v) is 2.76. The van der Waals surface area contributed by atoms with Crippen LogP contribution >= 0.6 is 11.3 Å². The summed E-state index contributed by atoms with van der Waals surface area (Å²) in [6.45, 7) is 1.45. The Bertz CT molecular complexity index is 840. The molecule has 0 aliphatic carbocycles. The van der Waals surface area contributed by atoms with E-state index in [9.17, 15) is 9.59 Å². The second-order valence-electron chi connectivity index (χ2n) is 4.75. The van der Waals surface area contributed by atoms with Gasteiger partial charge in [0.05, 0.1) is 15.7 Å². The number of rotatable bonds is 3. The predicted molar refractivity (Wildman–Crippen MR) is 88.3 cm³/mol. The Morgan fingerprint density at radius 3 is 2.36 bits per heavy atom. The number of nitrogens with zero attached hydrogens (tertiary/aromatic N) is 1. The van der Waals surface area contributed by atoms with E-state index in [4.69, 9.17) is 0 Å². The van der Waals surface area contributed by atoms with Gasteiger partial charge in [0, 0.05) is 23.9 Å². The highest BCUT2D eigenvalue weighted by Gasteiger charge is 2.08. The first-order valence-corrected chi connectivity index (χ1v) is 7.52. The van der Waals surface area contributed by atoms with Crippen molar-refractivity contribution < 1.29 is 9.59 Å². The maximum atomic E-state index is 12.2. The van der Waals surface area contributed by atoms with Crippen LogP contribution < -0.4 is 10.6 Å². The van der Waals surface area contributed by atoms with Gasteiger partial charge in [0.25, 0.3) is 5.91 Å². The number of carbonyl (C=O) groups is 2. The van der Waals surface area contributed by atoms with Gasteiger partial charge >= 0.3 is 0 Å². The molecule has 0 aliphatic heterocycles. The van der Waals surface area contributed by atoms with E-state index in [0.717, 1.165) is 10.2 Å². The quantitative estimate of drug-likeness (QED) is 0.777. The summed E-state index contributed by atoms with van der Waals surface area (Å²) in [5.41, 5.74) is 4.59. The number of benzene rings is 2. The largest absolute Gasteiger partial charge is 0.326 e. The smallest absolute Gasteiger partial charge is 0.255 e. The zero-order valence-electron chi connectivity index (χ0n) is 11.8. The van der Waals surface area contributed by atoms with Crippen molar-refractivity contribution in [3.8, 4) is 0 Å². The molecule has 5 nitrogen and oxygen atoms in total. The molecule has 0 aliphatic rings. The summed E-state index contributed by atoms with van der Waals surface area (Å²) in [6, 6.07) is 12.4. The summed E-state index contributed by atoms with van der Waals surface area (Å²) in [4.78, 5) is 27.4. The first-order valence-electron chi connectivity index (χ1n) is 6.64. The topological polar surface area (TPSA) is 71.1 Å². The summed E-state index contributed by atoms with van der Waals surface area (Å²) in [5.74, 6) is -0.308. The summed E-state index contributed by atoms with van der Waals surface area (Å²) in [6.07, 6.45) is 0. The number of carbonyl (C=O) groups excluding carboxylic acids is 2. The third-order valence-corrected chi connectivity index (χ3v) is 3.85. The summed E-state index contributed by atoms with van der Waals surface area (Å²) >= 11 is 1.50. The molecule has 0 atom stereocenters. The van der Waals surface area contributed by atoms with Gasteiger partial charge in [-0.25, -0.2) is 4.98 Å². The van der Waals surface area contributed by atoms with Gasteiger partial charge in [-0.15, -0.1) is 11.3 Å². The Morgan fingerprint density at radius 2 is 1.68 bits per heavy atom. The van der Waals surface area contributed by atoms with Gasteiger partial charge < -0.3 is 10.6 Å². The summed E-state index contributed by atoms with van der Waals surface area (Å²) < 4.78 is 0.980. The fraction of sp³-hybridized carbons (Fsp3) is 0.0625. The maximum absolute atomic E-state index is 12.2. The Labute approximate surface area is 131 Å². The van der Waals surface area contributed by atoms with Crippen LogP contribution in [0, 0.1) is 0 Å². The first kappa shape index (κ1) is 14.2. The Balaban J connectivity index is 1.74. The molecule has 2 aromatic carbocycles. The molecule has 0 unspecified atom stereocenters. The van der Waals surface area contributed by atoms with Crippen molar-refractivity contribution in [3.05, 3.63) is 53.5 Å². The molecular formula is C16H13N3O2S. The number of fused-ring (bicyclic) bond motifs is 1. The molecule has 1 aromatic heterocycles. The van der Waals surface area contributed by atoms with Gasteiger partial charge in [0.1, 0.15) is 0 Å². The number of hydrogen-bond donors (Lipinski definition) is 2. The van der Waals surface area contributed by atoms with E-state index in [0.29, 0.717) is 16.9 Å². The third kappa shape index (κ3) is 3.12. The molecule has 0 bridgehead atoms. The van der Waals surface area contributed by atoms with Crippen molar-refractivity contribution in [1.82, 2.24) is 4.98 Å². The van der Waals surface area contributed by atoms with Crippen LogP contribution in [-0.2, 0) is 4.79 Å². The van der Waals surface area contributed by atoms with Crippen LogP contribution in [0.3, 0.4) is 0 Å². The average Bonchev–Trinajstić information content (AvgIpc) is 2.96. The maximum Gasteiger partial charge on any atom is 0.255 e. The highest BCUT2D eigenvalue weighted by atomic mass is 32.1. The zero-order chi connectivity index (χ0) is 15.5. The molecule has 3 aromatic rings. The van der Waals surface area contributed by atoms with Crippen molar-refractivity contribution in [2.45, 2.75) is 6.92 Å². The van der Waals surface area contributed by atoms with Crippen LogP contribution in [0.4, 0.5) is 11.4 Å². The number of amides is 2. The highest BCUT2D eigenvalue weighted by Crippen LogP contribution is 2.20. The van der Waals surface area contributed by atoms with E-state index in [-0.39, 0.29) is 11.8 Å². The molecule has 0 spiro atoms. The van der Waals surface area contributed by atoms with Crippen LogP contribution in [0.25, 0.3) is 10.2 Å². The number of aromatic nitrogens is 1. The molecule has 0 saturated carbocycles. The Hall–Kier alpha value is -2.73. The lowest BCUT2D eigenvalue weighted by atomic mass is 10.2. The first-order chi connectivity index (χ1) is 10.6. The van der Waals surface area contributed by atoms with Gasteiger partial charge in [0.2, 0.25) is 5.91 Å². The predicted octanol–water partition coefficient (Wildman–Crippen LogP) is 3.51. The third-order valence-electron chi connectivity index (χ3n) is 3.06. The van der Waals surface area contributed by atoms with Crippen LogP contribution in [0.5, 0.6) is 0 Å². The number of hydrogen-bond acceptors (Lipinski definition) is 4. The van der Waals surface area contributed by atoms with Crippen molar-refractivity contribution >= 4 is 44.7 Å². The fourth-order valence-electron chi connectivity index (χ4n) is 2.04. The molecule has 110 valence electrons. The molecule has 0 radical (unpaired) electrons. The molecule has 22 heavy (non-hydrogen) atoms. The van der Waals surface area contributed by atoms with E-state index < -0.39 is 0 Å². The van der Waals surface area contributed by atoms with Gasteiger partial charge in [-0.2, -0.15) is 0 Å². The van der Waals surface area contributed by atoms with Crippen molar-refractivity contribution in [3.63, 3.8) is 0 Å². The lowest BCUT2D eigenvalue weighted by Gasteiger charge is -2.07. The lowest BCUT2D eigenvalue weighted by Crippen LogP contribution is -2.12. The molecule has 0 saturated heterocycles. The number of nitrogens with one attached hydrogen (secondary N) is 2. The van der Waals surface area contributed by atoms with Gasteiger partial charge in [0.15, 0.2) is 0 Å². The zero-order valence-corrected chi connectivity index (χ0v) is 12.6.